The largest absolute Gasteiger partial charge is 0.474 e. The van der Waals surface area contributed by atoms with Crippen LogP contribution >= 0.6 is 12.2 Å². The van der Waals surface area contributed by atoms with Crippen molar-refractivity contribution in [2.75, 3.05) is 33.4 Å². The lowest BCUT2D eigenvalue weighted by molar-refractivity contribution is -0.137. The SMILES string of the molecule is COC(=S)NCc1cn(-c2cc(F)c(C3=CCN(C(=O)C(CO)CO)CC3)c(F)c2)nn1. The zero-order valence-corrected chi connectivity index (χ0v) is 18.1. The zero-order valence-electron chi connectivity index (χ0n) is 17.3. The monoisotopic (exact) mass is 467 g/mol. The Morgan fingerprint density at radius 3 is 2.56 bits per heavy atom. The van der Waals surface area contributed by atoms with Crippen molar-refractivity contribution in [2.45, 2.75) is 13.0 Å². The minimum absolute atomic E-state index is 0.133. The van der Waals surface area contributed by atoms with Crippen molar-refractivity contribution in [3.63, 3.8) is 0 Å². The van der Waals surface area contributed by atoms with Crippen molar-refractivity contribution >= 4 is 28.9 Å². The van der Waals surface area contributed by atoms with Crippen molar-refractivity contribution in [1.82, 2.24) is 25.2 Å². The second-order valence-corrected chi connectivity index (χ2v) is 7.48. The summed E-state index contributed by atoms with van der Waals surface area (Å²) in [5.74, 6) is -2.81. The number of carbonyl (C=O) groups is 1. The molecule has 1 aliphatic heterocycles. The molecule has 0 bridgehead atoms. The van der Waals surface area contributed by atoms with Crippen LogP contribution in [-0.2, 0) is 16.1 Å². The van der Waals surface area contributed by atoms with Gasteiger partial charge in [0.1, 0.15) is 17.3 Å². The number of halogens is 2. The Morgan fingerprint density at radius 1 is 1.31 bits per heavy atom. The van der Waals surface area contributed by atoms with Crippen LogP contribution in [0.15, 0.2) is 24.4 Å². The Morgan fingerprint density at radius 2 is 2.00 bits per heavy atom. The highest BCUT2D eigenvalue weighted by Gasteiger charge is 2.26. The average molecular weight is 467 g/mol. The van der Waals surface area contributed by atoms with Crippen molar-refractivity contribution < 1.29 is 28.5 Å². The van der Waals surface area contributed by atoms with Gasteiger partial charge < -0.3 is 25.2 Å². The molecule has 3 rings (SSSR count). The summed E-state index contributed by atoms with van der Waals surface area (Å²) in [4.78, 5) is 13.7. The number of carbonyl (C=O) groups excluding carboxylic acids is 1. The van der Waals surface area contributed by atoms with Crippen molar-refractivity contribution in [2.24, 2.45) is 5.92 Å². The highest BCUT2D eigenvalue weighted by atomic mass is 32.1. The van der Waals surface area contributed by atoms with Gasteiger partial charge in [-0.25, -0.2) is 13.5 Å². The normalized spacial score (nSPS) is 13.8. The molecule has 1 aromatic heterocycles. The maximum Gasteiger partial charge on any atom is 0.256 e. The van der Waals surface area contributed by atoms with Crippen LogP contribution in [0.1, 0.15) is 17.7 Å². The standard InChI is InChI=1S/C20H23F2N5O4S/c1-31-20(32)23-8-14-9-27(25-24-14)15-6-16(21)18(17(22)7-15)12-2-4-26(5-3-12)19(30)13(10-28)11-29/h2,6-7,9,13,28-29H,3-5,8,10-11H2,1H3,(H,23,32). The summed E-state index contributed by atoms with van der Waals surface area (Å²) >= 11 is 4.88. The third kappa shape index (κ3) is 5.26. The Kier molecular flexibility index (Phi) is 7.83. The molecule has 0 saturated carbocycles. The molecule has 3 N–H and O–H groups in total. The van der Waals surface area contributed by atoms with Crippen LogP contribution in [0.4, 0.5) is 8.78 Å². The summed E-state index contributed by atoms with van der Waals surface area (Å²) < 4.78 is 35.8. The van der Waals surface area contributed by atoms with E-state index in [4.69, 9.17) is 27.2 Å². The molecule has 0 atom stereocenters. The Labute approximate surface area is 188 Å². The first-order valence-electron chi connectivity index (χ1n) is 9.80. The van der Waals surface area contributed by atoms with Gasteiger partial charge in [0.15, 0.2) is 0 Å². The number of rotatable bonds is 7. The predicted molar refractivity (Wildman–Crippen MR) is 115 cm³/mol. The van der Waals surface area contributed by atoms with Crippen molar-refractivity contribution in [3.05, 3.63) is 47.3 Å². The van der Waals surface area contributed by atoms with Gasteiger partial charge in [-0.15, -0.1) is 5.10 Å². The van der Waals surface area contributed by atoms with Gasteiger partial charge in [-0.3, -0.25) is 4.79 Å². The summed E-state index contributed by atoms with van der Waals surface area (Å²) in [6.45, 7) is -0.331. The fourth-order valence-electron chi connectivity index (χ4n) is 3.31. The molecule has 0 fully saturated rings. The maximum atomic E-state index is 14.8. The molecular formula is C20H23F2N5O4S. The Hall–Kier alpha value is -2.96. The van der Waals surface area contributed by atoms with Crippen LogP contribution in [0.3, 0.4) is 0 Å². The van der Waals surface area contributed by atoms with Gasteiger partial charge in [-0.1, -0.05) is 11.3 Å². The lowest BCUT2D eigenvalue weighted by atomic mass is 9.97. The molecule has 32 heavy (non-hydrogen) atoms. The van der Waals surface area contributed by atoms with Gasteiger partial charge >= 0.3 is 0 Å². The van der Waals surface area contributed by atoms with E-state index in [1.165, 1.54) is 22.9 Å². The molecular weight excluding hydrogens is 444 g/mol. The molecule has 2 heterocycles. The van der Waals surface area contributed by atoms with E-state index in [1.807, 2.05) is 0 Å². The van der Waals surface area contributed by atoms with Gasteiger partial charge in [-0.2, -0.15) is 0 Å². The molecule has 1 aromatic carbocycles. The molecule has 1 aliphatic rings. The van der Waals surface area contributed by atoms with Crippen molar-refractivity contribution in [1.29, 1.82) is 0 Å². The number of methoxy groups -OCH3 is 1. The fourth-order valence-corrected chi connectivity index (χ4v) is 3.38. The number of aliphatic hydroxyl groups is 2. The highest BCUT2D eigenvalue weighted by molar-refractivity contribution is 7.80. The second-order valence-electron chi connectivity index (χ2n) is 7.11. The van der Waals surface area contributed by atoms with E-state index in [0.717, 1.165) is 12.1 Å². The fraction of sp³-hybridized carbons (Fsp3) is 0.400. The molecule has 0 unspecified atom stereocenters. The first-order valence-corrected chi connectivity index (χ1v) is 10.2. The zero-order chi connectivity index (χ0) is 23.3. The maximum absolute atomic E-state index is 14.8. The minimum atomic E-state index is -0.898. The highest BCUT2D eigenvalue weighted by Crippen LogP contribution is 2.29. The minimum Gasteiger partial charge on any atom is -0.474 e. The smallest absolute Gasteiger partial charge is 0.256 e. The van der Waals surface area contributed by atoms with Crippen LogP contribution < -0.4 is 5.32 Å². The molecule has 0 spiro atoms. The number of aliphatic hydroxyl groups excluding tert-OH is 2. The van der Waals surface area contributed by atoms with Crippen LogP contribution in [0, 0.1) is 17.6 Å². The van der Waals surface area contributed by atoms with Crippen LogP contribution in [0.5, 0.6) is 0 Å². The number of aromatic nitrogens is 3. The average Bonchev–Trinajstić information content (AvgIpc) is 3.27. The summed E-state index contributed by atoms with van der Waals surface area (Å²) in [6.07, 6.45) is 3.33. The summed E-state index contributed by atoms with van der Waals surface area (Å²) in [7, 11) is 1.43. The van der Waals surface area contributed by atoms with E-state index in [9.17, 15) is 13.6 Å². The first kappa shape index (κ1) is 23.7. The van der Waals surface area contributed by atoms with Crippen LogP contribution in [-0.4, -0.2) is 74.6 Å². The van der Waals surface area contributed by atoms with E-state index in [0.29, 0.717) is 11.3 Å². The number of hydrogen-bond donors (Lipinski definition) is 3. The summed E-state index contributed by atoms with van der Waals surface area (Å²) in [6, 6.07) is 2.33. The van der Waals surface area contributed by atoms with Crippen LogP contribution in [0.25, 0.3) is 11.3 Å². The number of amides is 1. The van der Waals surface area contributed by atoms with E-state index < -0.39 is 36.7 Å². The summed E-state index contributed by atoms with van der Waals surface area (Å²) in [5, 5.41) is 29.1. The number of thiocarbonyl (C=S) groups is 1. The van der Waals surface area contributed by atoms with Gasteiger partial charge in [0, 0.05) is 30.8 Å². The third-order valence-corrected chi connectivity index (χ3v) is 5.37. The number of hydrogen-bond acceptors (Lipinski definition) is 7. The van der Waals surface area contributed by atoms with E-state index >= 15 is 0 Å². The Balaban J connectivity index is 1.75. The van der Waals surface area contributed by atoms with Gasteiger partial charge in [-0.05, 0) is 24.2 Å². The molecule has 0 aliphatic carbocycles. The van der Waals surface area contributed by atoms with E-state index in [-0.39, 0.29) is 42.5 Å². The lowest BCUT2D eigenvalue weighted by Gasteiger charge is -2.29. The topological polar surface area (TPSA) is 113 Å². The summed E-state index contributed by atoms with van der Waals surface area (Å²) in [5.41, 5.74) is 0.947. The number of benzene rings is 1. The number of nitrogens with zero attached hydrogens (tertiary/aromatic N) is 4. The van der Waals surface area contributed by atoms with Gasteiger partial charge in [0.05, 0.1) is 44.7 Å². The molecule has 172 valence electrons. The van der Waals surface area contributed by atoms with Crippen LogP contribution in [0.2, 0.25) is 0 Å². The van der Waals surface area contributed by atoms with E-state index in [2.05, 4.69) is 15.6 Å². The number of ether oxygens (including phenoxy) is 1. The molecule has 2 aromatic rings. The quantitative estimate of drug-likeness (QED) is 0.513. The third-order valence-electron chi connectivity index (χ3n) is 5.06. The number of nitrogens with one attached hydrogen (secondary N) is 1. The lowest BCUT2D eigenvalue weighted by Crippen LogP contribution is -2.41. The second kappa shape index (κ2) is 10.6. The molecule has 12 heteroatoms. The van der Waals surface area contributed by atoms with E-state index in [1.54, 1.807) is 6.08 Å². The van der Waals surface area contributed by atoms with Crippen molar-refractivity contribution in [3.8, 4) is 5.69 Å². The molecule has 0 radical (unpaired) electrons. The molecule has 1 amide bonds. The molecule has 0 saturated heterocycles. The first-order chi connectivity index (χ1) is 15.4. The molecule has 9 nitrogen and oxygen atoms in total. The van der Waals surface area contributed by atoms with Gasteiger partial charge in [0.25, 0.3) is 5.17 Å². The predicted octanol–water partition coefficient (Wildman–Crippen LogP) is 0.783. The Bertz CT molecular complexity index is 1000. The van der Waals surface area contributed by atoms with Gasteiger partial charge in [0.2, 0.25) is 5.91 Å².